The maximum absolute atomic E-state index is 13.7. The van der Waals surface area contributed by atoms with E-state index in [0.717, 1.165) is 6.42 Å². The third kappa shape index (κ3) is 2.00. The van der Waals surface area contributed by atoms with E-state index in [4.69, 9.17) is 21.4 Å². The van der Waals surface area contributed by atoms with Crippen LogP contribution in [0.3, 0.4) is 0 Å². The normalized spacial score (nSPS) is 25.8. The second-order valence-corrected chi connectivity index (χ2v) is 4.07. The van der Waals surface area contributed by atoms with Gasteiger partial charge in [-0.05, 0) is 12.5 Å². The Labute approximate surface area is 92.6 Å². The Morgan fingerprint density at radius 2 is 2.33 bits per heavy atom. The van der Waals surface area contributed by atoms with Crippen molar-refractivity contribution < 1.29 is 14.2 Å². The largest absolute Gasteiger partial charge is 0.396 e. The second-order valence-electron chi connectivity index (χ2n) is 3.67. The van der Waals surface area contributed by atoms with Crippen LogP contribution in [-0.4, -0.2) is 18.3 Å². The van der Waals surface area contributed by atoms with E-state index in [0.29, 0.717) is 12.2 Å². The highest BCUT2D eigenvalue weighted by Crippen LogP contribution is 2.36. The number of benzene rings is 1. The Kier molecular flexibility index (Phi) is 3.24. The number of aliphatic hydroxyl groups is 1. The van der Waals surface area contributed by atoms with Gasteiger partial charge in [-0.3, -0.25) is 0 Å². The third-order valence-corrected chi connectivity index (χ3v) is 3.03. The highest BCUT2D eigenvalue weighted by molar-refractivity contribution is 6.30. The summed E-state index contributed by atoms with van der Waals surface area (Å²) in [6, 6.07) is 4.85. The topological polar surface area (TPSA) is 29.5 Å². The van der Waals surface area contributed by atoms with Crippen molar-refractivity contribution in [1.82, 2.24) is 0 Å². The molecule has 0 bridgehead atoms. The van der Waals surface area contributed by atoms with Crippen molar-refractivity contribution in [1.29, 1.82) is 0 Å². The molecule has 4 heteroatoms. The SMILES string of the molecule is OCC1CCOC1c1cccc(Cl)c1F. The first kappa shape index (κ1) is 10.9. The molecule has 1 heterocycles. The van der Waals surface area contributed by atoms with Crippen LogP contribution in [0.4, 0.5) is 4.39 Å². The van der Waals surface area contributed by atoms with Crippen molar-refractivity contribution in [2.24, 2.45) is 5.92 Å². The van der Waals surface area contributed by atoms with Crippen LogP contribution in [0.1, 0.15) is 18.1 Å². The lowest BCUT2D eigenvalue weighted by Crippen LogP contribution is -2.13. The van der Waals surface area contributed by atoms with Gasteiger partial charge in [-0.15, -0.1) is 0 Å². The molecule has 2 rings (SSSR count). The molecule has 2 nitrogen and oxygen atoms in total. The molecule has 1 aliphatic rings. The molecule has 15 heavy (non-hydrogen) atoms. The predicted molar refractivity (Wildman–Crippen MR) is 55.3 cm³/mol. The van der Waals surface area contributed by atoms with Crippen molar-refractivity contribution in [3.05, 3.63) is 34.6 Å². The molecular weight excluding hydrogens is 219 g/mol. The molecule has 1 fully saturated rings. The molecule has 2 atom stereocenters. The number of hydrogen-bond acceptors (Lipinski definition) is 2. The summed E-state index contributed by atoms with van der Waals surface area (Å²) in [6.45, 7) is 0.568. The van der Waals surface area contributed by atoms with Gasteiger partial charge in [-0.2, -0.15) is 0 Å². The Bertz CT molecular complexity index is 356. The average Bonchev–Trinajstić information content (AvgIpc) is 2.70. The van der Waals surface area contributed by atoms with E-state index in [2.05, 4.69) is 0 Å². The Morgan fingerprint density at radius 3 is 3.07 bits per heavy atom. The molecule has 0 aliphatic carbocycles. The van der Waals surface area contributed by atoms with Crippen molar-refractivity contribution in [3.63, 3.8) is 0 Å². The fraction of sp³-hybridized carbons (Fsp3) is 0.455. The minimum Gasteiger partial charge on any atom is -0.396 e. The van der Waals surface area contributed by atoms with Gasteiger partial charge in [0.15, 0.2) is 0 Å². The number of ether oxygens (including phenoxy) is 1. The molecule has 1 aromatic carbocycles. The molecule has 82 valence electrons. The summed E-state index contributed by atoms with van der Waals surface area (Å²) < 4.78 is 19.1. The minimum absolute atomic E-state index is 0.0105. The average molecular weight is 231 g/mol. The number of hydrogen-bond donors (Lipinski definition) is 1. The van der Waals surface area contributed by atoms with Crippen LogP contribution in [0.2, 0.25) is 5.02 Å². The van der Waals surface area contributed by atoms with Gasteiger partial charge in [0.05, 0.1) is 11.1 Å². The van der Waals surface area contributed by atoms with Gasteiger partial charge in [0.25, 0.3) is 0 Å². The molecule has 0 saturated carbocycles. The number of rotatable bonds is 2. The second kappa shape index (κ2) is 4.47. The van der Waals surface area contributed by atoms with Gasteiger partial charge in [-0.1, -0.05) is 23.7 Å². The zero-order valence-corrected chi connectivity index (χ0v) is 8.88. The van der Waals surface area contributed by atoms with Crippen molar-refractivity contribution in [3.8, 4) is 0 Å². The molecule has 2 unspecified atom stereocenters. The molecular formula is C11H12ClFO2. The van der Waals surface area contributed by atoms with Crippen molar-refractivity contribution in [2.75, 3.05) is 13.2 Å². The molecule has 0 amide bonds. The summed E-state index contributed by atoms with van der Waals surface area (Å²) >= 11 is 5.69. The van der Waals surface area contributed by atoms with Crippen molar-refractivity contribution in [2.45, 2.75) is 12.5 Å². The fourth-order valence-electron chi connectivity index (χ4n) is 1.90. The van der Waals surface area contributed by atoms with Gasteiger partial charge in [0.2, 0.25) is 0 Å². The van der Waals surface area contributed by atoms with E-state index in [9.17, 15) is 4.39 Å². The molecule has 1 aromatic rings. The number of halogens is 2. The Morgan fingerprint density at radius 1 is 1.53 bits per heavy atom. The van der Waals surface area contributed by atoms with E-state index >= 15 is 0 Å². The Balaban J connectivity index is 2.32. The summed E-state index contributed by atoms with van der Waals surface area (Å²) in [5.74, 6) is -0.470. The summed E-state index contributed by atoms with van der Waals surface area (Å²) in [6.07, 6.45) is 0.390. The van der Waals surface area contributed by atoms with Crippen molar-refractivity contribution >= 4 is 11.6 Å². The molecule has 0 spiro atoms. The first-order chi connectivity index (χ1) is 7.24. The van der Waals surface area contributed by atoms with Crippen LogP contribution in [0, 0.1) is 11.7 Å². The summed E-state index contributed by atoms with van der Waals surface area (Å²) in [7, 11) is 0. The zero-order valence-electron chi connectivity index (χ0n) is 8.12. The first-order valence-corrected chi connectivity index (χ1v) is 5.28. The zero-order chi connectivity index (χ0) is 10.8. The highest BCUT2D eigenvalue weighted by Gasteiger charge is 2.31. The molecule has 1 aliphatic heterocycles. The lowest BCUT2D eigenvalue weighted by molar-refractivity contribution is 0.0693. The van der Waals surface area contributed by atoms with Crippen LogP contribution >= 0.6 is 11.6 Å². The maximum atomic E-state index is 13.7. The molecule has 1 N–H and O–H groups in total. The monoisotopic (exact) mass is 230 g/mol. The van der Waals surface area contributed by atoms with E-state index < -0.39 is 5.82 Å². The van der Waals surface area contributed by atoms with Crippen LogP contribution < -0.4 is 0 Å². The van der Waals surface area contributed by atoms with Crippen LogP contribution in [0.5, 0.6) is 0 Å². The van der Waals surface area contributed by atoms with Gasteiger partial charge in [0, 0.05) is 24.7 Å². The Hall–Kier alpha value is -0.640. The summed E-state index contributed by atoms with van der Waals surface area (Å²) in [5, 5.41) is 9.22. The highest BCUT2D eigenvalue weighted by atomic mass is 35.5. The van der Waals surface area contributed by atoms with Crippen LogP contribution in [0.15, 0.2) is 18.2 Å². The van der Waals surface area contributed by atoms with Crippen LogP contribution in [0.25, 0.3) is 0 Å². The molecule has 1 saturated heterocycles. The van der Waals surface area contributed by atoms with Gasteiger partial charge in [-0.25, -0.2) is 4.39 Å². The standard InChI is InChI=1S/C11H12ClFO2/c12-9-3-1-2-8(10(9)13)11-7(6-14)4-5-15-11/h1-3,7,11,14H,4-6H2. The molecule has 0 aromatic heterocycles. The van der Waals surface area contributed by atoms with Gasteiger partial charge < -0.3 is 9.84 Å². The van der Waals surface area contributed by atoms with E-state index in [1.165, 1.54) is 6.07 Å². The summed E-state index contributed by atoms with van der Waals surface area (Å²) in [5.41, 5.74) is 0.444. The first-order valence-electron chi connectivity index (χ1n) is 4.90. The number of aliphatic hydroxyl groups excluding tert-OH is 1. The third-order valence-electron chi connectivity index (χ3n) is 2.74. The van der Waals surface area contributed by atoms with Gasteiger partial charge >= 0.3 is 0 Å². The van der Waals surface area contributed by atoms with E-state index in [1.807, 2.05) is 0 Å². The van der Waals surface area contributed by atoms with Gasteiger partial charge in [0.1, 0.15) is 5.82 Å². The lowest BCUT2D eigenvalue weighted by atomic mass is 9.96. The molecule has 0 radical (unpaired) electrons. The minimum atomic E-state index is -0.440. The smallest absolute Gasteiger partial charge is 0.147 e. The maximum Gasteiger partial charge on any atom is 0.147 e. The quantitative estimate of drug-likeness (QED) is 0.846. The van der Waals surface area contributed by atoms with Crippen LogP contribution in [-0.2, 0) is 4.74 Å². The summed E-state index contributed by atoms with van der Waals surface area (Å²) in [4.78, 5) is 0. The lowest BCUT2D eigenvalue weighted by Gasteiger charge is -2.17. The predicted octanol–water partition coefficient (Wildman–Crippen LogP) is 2.55. The fourth-order valence-corrected chi connectivity index (χ4v) is 2.09. The van der Waals surface area contributed by atoms with E-state index in [-0.39, 0.29) is 23.7 Å². The van der Waals surface area contributed by atoms with E-state index in [1.54, 1.807) is 12.1 Å².